The Morgan fingerprint density at radius 3 is 2.73 bits per heavy atom. The van der Waals surface area contributed by atoms with Gasteiger partial charge in [-0.05, 0) is 49.2 Å². The molecule has 2 saturated heterocycles. The summed E-state index contributed by atoms with van der Waals surface area (Å²) >= 11 is 0. The van der Waals surface area contributed by atoms with Gasteiger partial charge in [-0.25, -0.2) is 0 Å². The maximum atomic E-state index is 12.7. The third-order valence-corrected chi connectivity index (χ3v) is 6.06. The van der Waals surface area contributed by atoms with Gasteiger partial charge in [-0.1, -0.05) is 12.1 Å². The second kappa shape index (κ2) is 8.49. The highest BCUT2D eigenvalue weighted by atomic mass is 16.5. The van der Waals surface area contributed by atoms with Crippen LogP contribution in [-0.4, -0.2) is 58.8 Å². The first-order valence-corrected chi connectivity index (χ1v) is 10.3. The van der Waals surface area contributed by atoms with Crippen molar-refractivity contribution in [1.82, 2.24) is 9.88 Å². The van der Waals surface area contributed by atoms with Gasteiger partial charge in [-0.2, -0.15) is 0 Å². The number of rotatable bonds is 5. The summed E-state index contributed by atoms with van der Waals surface area (Å²) in [5, 5.41) is 13.3. The molecule has 1 aromatic heterocycles. The third-order valence-electron chi connectivity index (χ3n) is 6.06. The normalized spacial score (nSPS) is 21.7. The van der Waals surface area contributed by atoms with Crippen LogP contribution in [0.1, 0.15) is 25.5 Å². The molecule has 158 valence electrons. The minimum Gasteiger partial charge on any atom is -0.506 e. The molecule has 2 aromatic rings. The lowest BCUT2D eigenvalue weighted by Gasteiger charge is -2.49. The third kappa shape index (κ3) is 4.06. The molecular weight excluding hydrogens is 384 g/mol. The fraction of sp³-hybridized carbons (Fsp3) is 0.455. The quantitative estimate of drug-likeness (QED) is 0.762. The van der Waals surface area contributed by atoms with E-state index in [-0.39, 0.29) is 11.7 Å². The van der Waals surface area contributed by atoms with Crippen LogP contribution in [0, 0.1) is 4.91 Å². The van der Waals surface area contributed by atoms with Crippen molar-refractivity contribution < 1.29 is 14.6 Å². The number of nitroso groups, excluding NO2 is 1. The van der Waals surface area contributed by atoms with Crippen LogP contribution in [0.2, 0.25) is 0 Å². The van der Waals surface area contributed by atoms with Crippen molar-refractivity contribution in [2.75, 3.05) is 31.1 Å². The summed E-state index contributed by atoms with van der Waals surface area (Å²) in [4.78, 5) is 31.9. The SMILES string of the molecule is CC1OC2(CCN(CCc3ncccc3N=O)CC2)CN(c2ccccc2O)C1=O. The zero-order valence-electron chi connectivity index (χ0n) is 17.0. The summed E-state index contributed by atoms with van der Waals surface area (Å²) in [6.45, 7) is 4.64. The summed E-state index contributed by atoms with van der Waals surface area (Å²) in [5.41, 5.74) is 1.22. The predicted octanol–water partition coefficient (Wildman–Crippen LogP) is 3.01. The predicted molar refractivity (Wildman–Crippen MR) is 113 cm³/mol. The largest absolute Gasteiger partial charge is 0.506 e. The first-order chi connectivity index (χ1) is 14.5. The number of phenolic OH excluding ortho intramolecular Hbond substituents is 1. The highest BCUT2D eigenvalue weighted by Crippen LogP contribution is 2.37. The summed E-state index contributed by atoms with van der Waals surface area (Å²) in [5.74, 6) is -0.0314. The standard InChI is InChI=1S/C22H26N4O4/c1-16-21(28)26(19-6-2-3-7-20(19)27)15-22(30-16)9-13-25(14-10-22)12-8-17-18(24-29)5-4-11-23-17/h2-7,11,16,27H,8-10,12-15H2,1H3. The minimum absolute atomic E-state index is 0.0995. The molecule has 0 saturated carbocycles. The number of benzene rings is 1. The van der Waals surface area contributed by atoms with Crippen molar-refractivity contribution in [2.24, 2.45) is 5.18 Å². The number of piperidine rings is 1. The maximum Gasteiger partial charge on any atom is 0.256 e. The Morgan fingerprint density at radius 2 is 2.00 bits per heavy atom. The first kappa shape index (κ1) is 20.4. The average Bonchev–Trinajstić information content (AvgIpc) is 2.77. The highest BCUT2D eigenvalue weighted by molar-refractivity contribution is 5.98. The number of para-hydroxylation sites is 2. The van der Waals surface area contributed by atoms with Gasteiger partial charge in [-0.3, -0.25) is 9.78 Å². The zero-order chi connectivity index (χ0) is 21.1. The molecule has 30 heavy (non-hydrogen) atoms. The van der Waals surface area contributed by atoms with Crippen LogP contribution in [0.5, 0.6) is 5.75 Å². The Labute approximate surface area is 175 Å². The Hall–Kier alpha value is -2.84. The van der Waals surface area contributed by atoms with E-state index < -0.39 is 11.7 Å². The molecule has 8 nitrogen and oxygen atoms in total. The van der Waals surface area contributed by atoms with Gasteiger partial charge in [0, 0.05) is 32.3 Å². The van der Waals surface area contributed by atoms with Crippen LogP contribution in [-0.2, 0) is 16.0 Å². The lowest BCUT2D eigenvalue weighted by atomic mass is 9.88. The summed E-state index contributed by atoms with van der Waals surface area (Å²) in [7, 11) is 0. The number of pyridine rings is 1. The number of ether oxygens (including phenoxy) is 1. The molecule has 2 aliphatic rings. The minimum atomic E-state index is -0.556. The van der Waals surface area contributed by atoms with E-state index in [1.54, 1.807) is 48.4 Å². The molecular formula is C22H26N4O4. The number of amides is 1. The number of aromatic nitrogens is 1. The van der Waals surface area contributed by atoms with Gasteiger partial charge >= 0.3 is 0 Å². The smallest absolute Gasteiger partial charge is 0.256 e. The average molecular weight is 410 g/mol. The van der Waals surface area contributed by atoms with E-state index in [0.29, 0.717) is 30.0 Å². The number of hydrogen-bond donors (Lipinski definition) is 1. The lowest BCUT2D eigenvalue weighted by molar-refractivity contribution is -0.161. The molecule has 3 heterocycles. The van der Waals surface area contributed by atoms with Gasteiger partial charge in [-0.15, -0.1) is 4.91 Å². The molecule has 2 aliphatic heterocycles. The van der Waals surface area contributed by atoms with Crippen molar-refractivity contribution in [3.63, 3.8) is 0 Å². The topological polar surface area (TPSA) is 95.3 Å². The number of carbonyl (C=O) groups excluding carboxylic acids is 1. The summed E-state index contributed by atoms with van der Waals surface area (Å²) < 4.78 is 6.20. The monoisotopic (exact) mass is 410 g/mol. The molecule has 1 N–H and O–H groups in total. The molecule has 2 fully saturated rings. The molecule has 0 aliphatic carbocycles. The number of morpholine rings is 1. The molecule has 8 heteroatoms. The summed E-state index contributed by atoms with van der Waals surface area (Å²) in [6.07, 6.45) is 3.36. The van der Waals surface area contributed by atoms with Gasteiger partial charge in [0.2, 0.25) is 0 Å². The van der Waals surface area contributed by atoms with Crippen LogP contribution < -0.4 is 4.90 Å². The van der Waals surface area contributed by atoms with Gasteiger partial charge in [0.05, 0.1) is 23.5 Å². The molecule has 1 aromatic carbocycles. The van der Waals surface area contributed by atoms with Crippen molar-refractivity contribution in [3.8, 4) is 5.75 Å². The Balaban J connectivity index is 1.41. The van der Waals surface area contributed by atoms with Gasteiger partial charge in [0.1, 0.15) is 17.5 Å². The summed E-state index contributed by atoms with van der Waals surface area (Å²) in [6, 6.07) is 10.3. The van der Waals surface area contributed by atoms with Crippen molar-refractivity contribution in [1.29, 1.82) is 0 Å². The Kier molecular flexibility index (Phi) is 5.78. The molecule has 0 bridgehead atoms. The van der Waals surface area contributed by atoms with Crippen LogP contribution in [0.15, 0.2) is 47.8 Å². The van der Waals surface area contributed by atoms with Crippen LogP contribution in [0.4, 0.5) is 11.4 Å². The fourth-order valence-corrected chi connectivity index (χ4v) is 4.37. The molecule has 0 radical (unpaired) electrons. The Morgan fingerprint density at radius 1 is 1.23 bits per heavy atom. The Bertz CT molecular complexity index is 927. The number of likely N-dealkylation sites (tertiary alicyclic amines) is 1. The van der Waals surface area contributed by atoms with Gasteiger partial charge < -0.3 is 19.6 Å². The van der Waals surface area contributed by atoms with Crippen molar-refractivity contribution in [3.05, 3.63) is 53.2 Å². The highest BCUT2D eigenvalue weighted by Gasteiger charge is 2.46. The van der Waals surface area contributed by atoms with Gasteiger partial charge in [0.15, 0.2) is 0 Å². The van der Waals surface area contributed by atoms with Crippen LogP contribution in [0.3, 0.4) is 0 Å². The number of anilines is 1. The lowest BCUT2D eigenvalue weighted by Crippen LogP contribution is -2.61. The van der Waals surface area contributed by atoms with Crippen molar-refractivity contribution >= 4 is 17.3 Å². The van der Waals surface area contributed by atoms with E-state index in [9.17, 15) is 14.8 Å². The zero-order valence-corrected chi connectivity index (χ0v) is 17.0. The second-order valence-corrected chi connectivity index (χ2v) is 8.01. The number of hydrogen-bond acceptors (Lipinski definition) is 7. The number of carbonyl (C=O) groups is 1. The number of phenols is 1. The molecule has 1 amide bonds. The second-order valence-electron chi connectivity index (χ2n) is 8.01. The fourth-order valence-electron chi connectivity index (χ4n) is 4.37. The van der Waals surface area contributed by atoms with Crippen molar-refractivity contribution in [2.45, 2.75) is 37.9 Å². The van der Waals surface area contributed by atoms with Gasteiger partial charge in [0.25, 0.3) is 5.91 Å². The molecule has 4 rings (SSSR count). The van der Waals surface area contributed by atoms with E-state index in [1.165, 1.54) is 0 Å². The van der Waals surface area contributed by atoms with Crippen LogP contribution >= 0.6 is 0 Å². The number of nitrogens with zero attached hydrogens (tertiary/aromatic N) is 4. The van der Waals surface area contributed by atoms with E-state index >= 15 is 0 Å². The molecule has 1 unspecified atom stereocenters. The maximum absolute atomic E-state index is 12.7. The molecule has 1 spiro atoms. The van der Waals surface area contributed by atoms with E-state index in [0.717, 1.165) is 32.5 Å². The molecule has 1 atom stereocenters. The van der Waals surface area contributed by atoms with E-state index in [1.807, 2.05) is 6.07 Å². The van der Waals surface area contributed by atoms with E-state index in [2.05, 4.69) is 15.1 Å². The number of aromatic hydroxyl groups is 1. The van der Waals surface area contributed by atoms with E-state index in [4.69, 9.17) is 4.74 Å². The first-order valence-electron chi connectivity index (χ1n) is 10.3. The van der Waals surface area contributed by atoms with Crippen LogP contribution in [0.25, 0.3) is 0 Å².